The van der Waals surface area contributed by atoms with Crippen LogP contribution in [-0.2, 0) is 0 Å². The highest BCUT2D eigenvalue weighted by Gasteiger charge is 2.31. The summed E-state index contributed by atoms with van der Waals surface area (Å²) in [5, 5.41) is 9.07. The molecule has 0 aliphatic heterocycles. The van der Waals surface area contributed by atoms with Crippen LogP contribution in [0.1, 0.15) is 29.2 Å². The smallest absolute Gasteiger partial charge is 0.192 e. The lowest BCUT2D eigenvalue weighted by molar-refractivity contribution is 0.101. The summed E-state index contributed by atoms with van der Waals surface area (Å²) in [4.78, 5) is 12.8. The minimum Gasteiger partial charge on any atom is -0.497 e. The summed E-state index contributed by atoms with van der Waals surface area (Å²) < 4.78 is 26.7. The van der Waals surface area contributed by atoms with Gasteiger partial charge in [0, 0.05) is 6.04 Å². The van der Waals surface area contributed by atoms with Gasteiger partial charge in [0.05, 0.1) is 31.1 Å². The number of hydrogen-bond acceptors (Lipinski definition) is 6. The number of hydrogen-bond donors (Lipinski definition) is 0. The number of halogens is 1. The topological polar surface area (TPSA) is 66.2 Å². The molecular weight excluding hydrogens is 393 g/mol. The van der Waals surface area contributed by atoms with Crippen LogP contribution in [0.2, 0.25) is 0 Å². The Kier molecular flexibility index (Phi) is 5.53. The zero-order valence-electron chi connectivity index (χ0n) is 16.1. The van der Waals surface area contributed by atoms with Gasteiger partial charge in [0.2, 0.25) is 0 Å². The van der Waals surface area contributed by atoms with Gasteiger partial charge in [0.1, 0.15) is 17.3 Å². The van der Waals surface area contributed by atoms with Gasteiger partial charge >= 0.3 is 0 Å². The molecule has 1 aliphatic rings. The molecule has 0 radical (unpaired) electrons. The second-order valence-electron chi connectivity index (χ2n) is 6.67. The summed E-state index contributed by atoms with van der Waals surface area (Å²) in [6.45, 7) is 0. The number of carbonyl (C=O) groups is 1. The molecule has 2 aromatic carbocycles. The van der Waals surface area contributed by atoms with E-state index in [4.69, 9.17) is 9.47 Å². The van der Waals surface area contributed by atoms with Crippen molar-refractivity contribution in [3.8, 4) is 22.9 Å². The van der Waals surface area contributed by atoms with Crippen molar-refractivity contribution in [2.75, 3.05) is 20.0 Å². The van der Waals surface area contributed by atoms with Gasteiger partial charge in [-0.2, -0.15) is 0 Å². The molecule has 0 saturated heterocycles. The highest BCUT2D eigenvalue weighted by molar-refractivity contribution is 7.99. The zero-order chi connectivity index (χ0) is 20.4. The van der Waals surface area contributed by atoms with Gasteiger partial charge in [-0.25, -0.2) is 4.39 Å². The molecule has 0 N–H and O–H groups in total. The van der Waals surface area contributed by atoms with E-state index in [0.29, 0.717) is 33.6 Å². The average Bonchev–Trinajstić information content (AvgIpc) is 3.51. The standard InChI is InChI=1S/C21H20FN3O3S/c1-27-14-9-10-19(28-2)16(11-14)18(26)12-29-21-24-23-20(25(21)13-7-8-13)15-5-3-4-6-17(15)22/h3-6,9-11,13H,7-8,12H2,1-2H3. The number of thioether (sulfide) groups is 1. The summed E-state index contributed by atoms with van der Waals surface area (Å²) in [6.07, 6.45) is 1.98. The van der Waals surface area contributed by atoms with Gasteiger partial charge in [-0.15, -0.1) is 10.2 Å². The summed E-state index contributed by atoms with van der Waals surface area (Å²) in [5.74, 6) is 1.29. The number of aromatic nitrogens is 3. The number of methoxy groups -OCH3 is 2. The predicted octanol–water partition coefficient (Wildman–Crippen LogP) is 4.41. The Hall–Kier alpha value is -2.87. The summed E-state index contributed by atoms with van der Waals surface area (Å²) in [6, 6.07) is 11.9. The van der Waals surface area contributed by atoms with Gasteiger partial charge in [0.25, 0.3) is 0 Å². The molecule has 29 heavy (non-hydrogen) atoms. The summed E-state index contributed by atoms with van der Waals surface area (Å²) in [5.41, 5.74) is 0.866. The quantitative estimate of drug-likeness (QED) is 0.403. The third kappa shape index (κ3) is 3.98. The molecule has 1 aliphatic carbocycles. The molecule has 1 saturated carbocycles. The van der Waals surface area contributed by atoms with Crippen LogP contribution in [0.4, 0.5) is 4.39 Å². The van der Waals surface area contributed by atoms with Crippen LogP contribution in [0.15, 0.2) is 47.6 Å². The number of nitrogens with zero attached hydrogens (tertiary/aromatic N) is 3. The molecule has 1 heterocycles. The van der Waals surface area contributed by atoms with E-state index in [1.165, 1.54) is 24.9 Å². The number of ether oxygens (including phenoxy) is 2. The number of carbonyl (C=O) groups excluding carboxylic acids is 1. The second-order valence-corrected chi connectivity index (χ2v) is 7.61. The lowest BCUT2D eigenvalue weighted by Gasteiger charge is -2.11. The van der Waals surface area contributed by atoms with Gasteiger partial charge in [-0.1, -0.05) is 23.9 Å². The molecule has 4 rings (SSSR count). The van der Waals surface area contributed by atoms with Crippen molar-refractivity contribution in [2.24, 2.45) is 0 Å². The Balaban J connectivity index is 1.58. The Bertz CT molecular complexity index is 1050. The molecule has 0 amide bonds. The highest BCUT2D eigenvalue weighted by Crippen LogP contribution is 2.41. The molecule has 1 fully saturated rings. The normalized spacial score (nSPS) is 13.3. The Morgan fingerprint density at radius 2 is 1.97 bits per heavy atom. The van der Waals surface area contributed by atoms with E-state index in [-0.39, 0.29) is 23.4 Å². The van der Waals surface area contributed by atoms with Crippen LogP contribution in [0.3, 0.4) is 0 Å². The SMILES string of the molecule is COc1ccc(OC)c(C(=O)CSc2nnc(-c3ccccc3F)n2C2CC2)c1. The average molecular weight is 413 g/mol. The Morgan fingerprint density at radius 1 is 1.17 bits per heavy atom. The molecule has 3 aromatic rings. The van der Waals surface area contributed by atoms with Crippen LogP contribution in [0.5, 0.6) is 11.5 Å². The van der Waals surface area contributed by atoms with E-state index >= 15 is 0 Å². The van der Waals surface area contributed by atoms with Gasteiger partial charge in [-0.05, 0) is 43.2 Å². The van der Waals surface area contributed by atoms with E-state index < -0.39 is 0 Å². The Labute approximate surface area is 172 Å². The highest BCUT2D eigenvalue weighted by atomic mass is 32.2. The van der Waals surface area contributed by atoms with Crippen molar-refractivity contribution in [1.29, 1.82) is 0 Å². The number of benzene rings is 2. The van der Waals surface area contributed by atoms with Crippen molar-refractivity contribution in [3.63, 3.8) is 0 Å². The second kappa shape index (κ2) is 8.24. The van der Waals surface area contributed by atoms with Crippen LogP contribution >= 0.6 is 11.8 Å². The van der Waals surface area contributed by atoms with Gasteiger partial charge in [0.15, 0.2) is 16.8 Å². The van der Waals surface area contributed by atoms with E-state index in [0.717, 1.165) is 12.8 Å². The molecule has 0 bridgehead atoms. The number of Topliss-reactive ketones (excluding diaryl/α,β-unsaturated/α-hetero) is 1. The minimum atomic E-state index is -0.337. The van der Waals surface area contributed by atoms with E-state index in [9.17, 15) is 9.18 Å². The van der Waals surface area contributed by atoms with Crippen molar-refractivity contribution >= 4 is 17.5 Å². The Morgan fingerprint density at radius 3 is 2.66 bits per heavy atom. The largest absolute Gasteiger partial charge is 0.497 e. The van der Waals surface area contributed by atoms with Gasteiger partial charge in [-0.3, -0.25) is 9.36 Å². The maximum atomic E-state index is 14.3. The molecule has 0 unspecified atom stereocenters. The molecular formula is C21H20FN3O3S. The first-order valence-corrected chi connectivity index (χ1v) is 10.2. The van der Waals surface area contributed by atoms with Crippen LogP contribution in [0.25, 0.3) is 11.4 Å². The minimum absolute atomic E-state index is 0.108. The molecule has 8 heteroatoms. The molecule has 0 atom stereocenters. The molecule has 0 spiro atoms. The fraction of sp³-hybridized carbons (Fsp3) is 0.286. The summed E-state index contributed by atoms with van der Waals surface area (Å²) >= 11 is 1.29. The lowest BCUT2D eigenvalue weighted by atomic mass is 10.1. The first-order valence-electron chi connectivity index (χ1n) is 9.20. The number of ketones is 1. The number of rotatable bonds is 8. The fourth-order valence-electron chi connectivity index (χ4n) is 3.10. The first kappa shape index (κ1) is 19.4. The maximum absolute atomic E-state index is 14.3. The van der Waals surface area contributed by atoms with Gasteiger partial charge < -0.3 is 9.47 Å². The van der Waals surface area contributed by atoms with Crippen molar-refractivity contribution < 1.29 is 18.7 Å². The van der Waals surface area contributed by atoms with Crippen LogP contribution in [0, 0.1) is 5.82 Å². The zero-order valence-corrected chi connectivity index (χ0v) is 16.9. The third-order valence-corrected chi connectivity index (χ3v) is 5.67. The van der Waals surface area contributed by atoms with Crippen LogP contribution in [-0.4, -0.2) is 40.5 Å². The van der Waals surface area contributed by atoms with Crippen LogP contribution < -0.4 is 9.47 Å². The third-order valence-electron chi connectivity index (χ3n) is 4.73. The van der Waals surface area contributed by atoms with E-state index in [2.05, 4.69) is 10.2 Å². The van der Waals surface area contributed by atoms with Crippen molar-refractivity contribution in [2.45, 2.75) is 24.0 Å². The molecule has 150 valence electrons. The first-order chi connectivity index (χ1) is 14.1. The monoisotopic (exact) mass is 413 g/mol. The maximum Gasteiger partial charge on any atom is 0.192 e. The fourth-order valence-corrected chi connectivity index (χ4v) is 3.99. The molecule has 6 nitrogen and oxygen atoms in total. The predicted molar refractivity (Wildman–Crippen MR) is 108 cm³/mol. The van der Waals surface area contributed by atoms with Crippen molar-refractivity contribution in [3.05, 3.63) is 53.8 Å². The van der Waals surface area contributed by atoms with E-state index in [1.54, 1.807) is 43.5 Å². The molecule has 1 aromatic heterocycles. The van der Waals surface area contributed by atoms with E-state index in [1.807, 2.05) is 4.57 Å². The van der Waals surface area contributed by atoms with Crippen molar-refractivity contribution in [1.82, 2.24) is 14.8 Å². The summed E-state index contributed by atoms with van der Waals surface area (Å²) in [7, 11) is 3.07. The lowest BCUT2D eigenvalue weighted by Crippen LogP contribution is -2.07.